The van der Waals surface area contributed by atoms with E-state index < -0.39 is 22.3 Å². The highest BCUT2D eigenvalue weighted by Crippen LogP contribution is 2.20. The van der Waals surface area contributed by atoms with Crippen molar-refractivity contribution in [2.75, 3.05) is 13.2 Å². The molecule has 0 saturated carbocycles. The summed E-state index contributed by atoms with van der Waals surface area (Å²) in [6.07, 6.45) is 0.310. The molecule has 0 bridgehead atoms. The van der Waals surface area contributed by atoms with Crippen LogP contribution in [0.25, 0.3) is 0 Å². The van der Waals surface area contributed by atoms with Gasteiger partial charge >= 0.3 is 6.09 Å². The van der Waals surface area contributed by atoms with Gasteiger partial charge in [-0.05, 0) is 31.9 Å². The molecular formula is C13H17NO5S. The first-order chi connectivity index (χ1) is 9.40. The lowest BCUT2D eigenvalue weighted by Gasteiger charge is -2.20. The number of nitrogens with zero attached hydrogens (tertiary/aromatic N) is 1. The molecular weight excluding hydrogens is 282 g/mol. The van der Waals surface area contributed by atoms with E-state index in [2.05, 4.69) is 0 Å². The molecule has 20 heavy (non-hydrogen) atoms. The van der Waals surface area contributed by atoms with Crippen LogP contribution in [-0.4, -0.2) is 43.7 Å². The average Bonchev–Trinajstić information content (AvgIpc) is 2.85. The molecule has 0 radical (unpaired) electrons. The number of hydrogen-bond acceptors (Lipinski definition) is 4. The van der Waals surface area contributed by atoms with Gasteiger partial charge in [0.15, 0.2) is 0 Å². The predicted molar refractivity (Wildman–Crippen MR) is 72.1 cm³/mol. The first-order valence-corrected chi connectivity index (χ1v) is 7.76. The van der Waals surface area contributed by atoms with E-state index in [-0.39, 0.29) is 11.5 Å². The quantitative estimate of drug-likeness (QED) is 0.858. The Morgan fingerprint density at radius 1 is 1.40 bits per heavy atom. The van der Waals surface area contributed by atoms with Crippen LogP contribution >= 0.6 is 0 Å². The molecule has 2 rings (SSSR count). The molecule has 1 fully saturated rings. The Morgan fingerprint density at radius 2 is 2.05 bits per heavy atom. The minimum absolute atomic E-state index is 0.0861. The van der Waals surface area contributed by atoms with Gasteiger partial charge in [-0.25, -0.2) is 4.79 Å². The Kier molecular flexibility index (Phi) is 4.29. The van der Waals surface area contributed by atoms with Crippen molar-refractivity contribution in [3.05, 3.63) is 29.8 Å². The number of carbonyl (C=O) groups is 1. The molecule has 7 heteroatoms. The SMILES string of the molecule is Cc1ccc(S(=O)(=O)OC[C@H]2CCCN2C(=O)O)cc1. The first kappa shape index (κ1) is 14.8. The van der Waals surface area contributed by atoms with E-state index in [1.807, 2.05) is 6.92 Å². The molecule has 1 aromatic carbocycles. The zero-order chi connectivity index (χ0) is 14.8. The fourth-order valence-electron chi connectivity index (χ4n) is 2.20. The molecule has 0 spiro atoms. The molecule has 1 aliphatic heterocycles. The summed E-state index contributed by atoms with van der Waals surface area (Å²) >= 11 is 0. The summed E-state index contributed by atoms with van der Waals surface area (Å²) in [6.45, 7) is 2.15. The van der Waals surface area contributed by atoms with Gasteiger partial charge in [0.25, 0.3) is 10.1 Å². The van der Waals surface area contributed by atoms with Crippen LogP contribution in [0.5, 0.6) is 0 Å². The Morgan fingerprint density at radius 3 is 2.65 bits per heavy atom. The van der Waals surface area contributed by atoms with Crippen molar-refractivity contribution in [3.63, 3.8) is 0 Å². The maximum absolute atomic E-state index is 12.0. The largest absolute Gasteiger partial charge is 0.465 e. The highest BCUT2D eigenvalue weighted by atomic mass is 32.2. The molecule has 1 N–H and O–H groups in total. The van der Waals surface area contributed by atoms with Crippen LogP contribution in [0.4, 0.5) is 4.79 Å². The summed E-state index contributed by atoms with van der Waals surface area (Å²) < 4.78 is 29.0. The predicted octanol–water partition coefficient (Wildman–Crippen LogP) is 1.84. The Bertz CT molecular complexity index is 581. The molecule has 0 aliphatic carbocycles. The maximum Gasteiger partial charge on any atom is 0.407 e. The Hall–Kier alpha value is -1.60. The van der Waals surface area contributed by atoms with Crippen LogP contribution < -0.4 is 0 Å². The second kappa shape index (κ2) is 5.80. The van der Waals surface area contributed by atoms with Gasteiger partial charge in [-0.3, -0.25) is 4.18 Å². The number of aryl methyl sites for hydroxylation is 1. The third kappa shape index (κ3) is 3.29. The topological polar surface area (TPSA) is 83.9 Å². The number of amides is 1. The van der Waals surface area contributed by atoms with E-state index in [0.717, 1.165) is 12.0 Å². The molecule has 0 aromatic heterocycles. The van der Waals surface area contributed by atoms with E-state index in [9.17, 15) is 13.2 Å². The van der Waals surface area contributed by atoms with Crippen LogP contribution in [0.3, 0.4) is 0 Å². The average molecular weight is 299 g/mol. The zero-order valence-electron chi connectivity index (χ0n) is 11.2. The van der Waals surface area contributed by atoms with Gasteiger partial charge in [0, 0.05) is 6.54 Å². The molecule has 0 unspecified atom stereocenters. The standard InChI is InChI=1S/C13H17NO5S/c1-10-4-6-12(7-5-10)20(17,18)19-9-11-3-2-8-14(11)13(15)16/h4-7,11H,2-3,8-9H2,1H3,(H,15,16)/t11-/m1/s1. The molecule has 1 aromatic rings. The van der Waals surface area contributed by atoms with Gasteiger partial charge in [0.05, 0.1) is 17.5 Å². The summed E-state index contributed by atoms with van der Waals surface area (Å²) in [5.41, 5.74) is 0.955. The van der Waals surface area contributed by atoms with Gasteiger partial charge in [-0.1, -0.05) is 17.7 Å². The second-order valence-corrected chi connectivity index (χ2v) is 6.44. The fourth-order valence-corrected chi connectivity index (χ4v) is 3.14. The van der Waals surface area contributed by atoms with Crippen molar-refractivity contribution in [3.8, 4) is 0 Å². The first-order valence-electron chi connectivity index (χ1n) is 6.36. The molecule has 1 aliphatic rings. The van der Waals surface area contributed by atoms with E-state index in [1.165, 1.54) is 17.0 Å². The van der Waals surface area contributed by atoms with Crippen LogP contribution in [0, 0.1) is 6.92 Å². The lowest BCUT2D eigenvalue weighted by Crippen LogP contribution is -2.37. The highest BCUT2D eigenvalue weighted by Gasteiger charge is 2.30. The third-order valence-corrected chi connectivity index (χ3v) is 4.64. The highest BCUT2D eigenvalue weighted by molar-refractivity contribution is 7.86. The number of benzene rings is 1. The monoisotopic (exact) mass is 299 g/mol. The number of hydrogen-bond donors (Lipinski definition) is 1. The molecule has 1 amide bonds. The van der Waals surface area contributed by atoms with Gasteiger partial charge in [0.2, 0.25) is 0 Å². The van der Waals surface area contributed by atoms with Gasteiger partial charge in [0.1, 0.15) is 0 Å². The minimum atomic E-state index is -3.83. The number of likely N-dealkylation sites (tertiary alicyclic amines) is 1. The number of rotatable bonds is 4. The summed E-state index contributed by atoms with van der Waals surface area (Å²) in [5.74, 6) is 0. The molecule has 1 atom stereocenters. The fraction of sp³-hybridized carbons (Fsp3) is 0.462. The van der Waals surface area contributed by atoms with Crippen LogP contribution in [-0.2, 0) is 14.3 Å². The normalized spacial score (nSPS) is 19.2. The second-order valence-electron chi connectivity index (χ2n) is 4.82. The Labute approximate surface area is 118 Å². The van der Waals surface area contributed by atoms with Crippen molar-refractivity contribution in [1.82, 2.24) is 4.90 Å². The molecule has 1 heterocycles. The summed E-state index contributed by atoms with van der Waals surface area (Å²) in [6, 6.07) is 5.94. The molecule has 1 saturated heterocycles. The van der Waals surface area contributed by atoms with Crippen molar-refractivity contribution < 1.29 is 22.5 Å². The van der Waals surface area contributed by atoms with Crippen LogP contribution in [0.2, 0.25) is 0 Å². The smallest absolute Gasteiger partial charge is 0.407 e. The maximum atomic E-state index is 12.0. The van der Waals surface area contributed by atoms with Gasteiger partial charge < -0.3 is 10.0 Å². The van der Waals surface area contributed by atoms with E-state index >= 15 is 0 Å². The van der Waals surface area contributed by atoms with Crippen molar-refractivity contribution in [2.45, 2.75) is 30.7 Å². The van der Waals surface area contributed by atoms with Crippen LogP contribution in [0.1, 0.15) is 18.4 Å². The minimum Gasteiger partial charge on any atom is -0.465 e. The van der Waals surface area contributed by atoms with Crippen molar-refractivity contribution >= 4 is 16.2 Å². The number of carboxylic acid groups (broad SMARTS) is 1. The van der Waals surface area contributed by atoms with E-state index in [1.54, 1.807) is 12.1 Å². The summed E-state index contributed by atoms with van der Waals surface area (Å²) in [5, 5.41) is 8.98. The Balaban J connectivity index is 2.02. The lowest BCUT2D eigenvalue weighted by molar-refractivity contribution is 0.124. The van der Waals surface area contributed by atoms with Gasteiger partial charge in [-0.2, -0.15) is 8.42 Å². The third-order valence-electron chi connectivity index (χ3n) is 3.35. The zero-order valence-corrected chi connectivity index (χ0v) is 12.0. The lowest BCUT2D eigenvalue weighted by atomic mass is 10.2. The van der Waals surface area contributed by atoms with E-state index in [4.69, 9.17) is 9.29 Å². The summed E-state index contributed by atoms with van der Waals surface area (Å²) in [4.78, 5) is 12.3. The van der Waals surface area contributed by atoms with E-state index in [0.29, 0.717) is 13.0 Å². The molecule has 110 valence electrons. The van der Waals surface area contributed by atoms with Crippen molar-refractivity contribution in [1.29, 1.82) is 0 Å². The van der Waals surface area contributed by atoms with Crippen molar-refractivity contribution in [2.24, 2.45) is 0 Å². The summed E-state index contributed by atoms with van der Waals surface area (Å²) in [7, 11) is -3.83. The van der Waals surface area contributed by atoms with Gasteiger partial charge in [-0.15, -0.1) is 0 Å². The van der Waals surface area contributed by atoms with Crippen LogP contribution in [0.15, 0.2) is 29.2 Å². The molecule has 6 nitrogen and oxygen atoms in total.